The molecule has 0 atom stereocenters. The summed E-state index contributed by atoms with van der Waals surface area (Å²) in [5, 5.41) is 4.75. The van der Waals surface area contributed by atoms with Crippen molar-refractivity contribution in [2.75, 3.05) is 27.2 Å². The van der Waals surface area contributed by atoms with Crippen LogP contribution in [-0.4, -0.2) is 32.1 Å². The molecule has 1 aromatic rings. The molecule has 4 heteroatoms. The van der Waals surface area contributed by atoms with Crippen molar-refractivity contribution in [2.45, 2.75) is 6.54 Å². The van der Waals surface area contributed by atoms with E-state index in [9.17, 15) is 0 Å². The lowest BCUT2D eigenvalue weighted by molar-refractivity contribution is 0.400. The van der Waals surface area contributed by atoms with E-state index in [0.717, 1.165) is 28.7 Å². The predicted octanol–water partition coefficient (Wildman–Crippen LogP) is 2.64. The number of hydrogen-bond acceptors (Lipinski definition) is 2. The van der Waals surface area contributed by atoms with Gasteiger partial charge in [-0.15, -0.1) is 0 Å². The maximum atomic E-state index is 6.04. The molecular formula is C11H16Cl2N2. The minimum atomic E-state index is 0.715. The molecule has 84 valence electrons. The highest BCUT2D eigenvalue weighted by Gasteiger charge is 2.03. The smallest absolute Gasteiger partial charge is 0.0465 e. The first-order chi connectivity index (χ1) is 7.11. The Balaban J connectivity index is 2.43. The number of benzene rings is 1. The third-order valence-corrected chi connectivity index (χ3v) is 2.81. The Morgan fingerprint density at radius 2 is 1.80 bits per heavy atom. The second kappa shape index (κ2) is 6.33. The molecule has 0 spiro atoms. The van der Waals surface area contributed by atoms with Gasteiger partial charge in [-0.25, -0.2) is 0 Å². The zero-order valence-electron chi connectivity index (χ0n) is 9.06. The second-order valence-electron chi connectivity index (χ2n) is 3.68. The molecule has 0 aliphatic heterocycles. The van der Waals surface area contributed by atoms with Gasteiger partial charge in [-0.1, -0.05) is 29.3 Å². The highest BCUT2D eigenvalue weighted by molar-refractivity contribution is 6.35. The van der Waals surface area contributed by atoms with Gasteiger partial charge in [-0.2, -0.15) is 0 Å². The van der Waals surface area contributed by atoms with Crippen LogP contribution >= 0.6 is 23.2 Å². The van der Waals surface area contributed by atoms with Crippen molar-refractivity contribution in [1.29, 1.82) is 0 Å². The molecule has 0 aliphatic carbocycles. The number of nitrogens with one attached hydrogen (secondary N) is 1. The lowest BCUT2D eigenvalue weighted by atomic mass is 10.2. The van der Waals surface area contributed by atoms with E-state index in [1.54, 1.807) is 0 Å². The van der Waals surface area contributed by atoms with Crippen molar-refractivity contribution in [3.8, 4) is 0 Å². The van der Waals surface area contributed by atoms with E-state index >= 15 is 0 Å². The molecule has 2 nitrogen and oxygen atoms in total. The SMILES string of the molecule is CN(C)CCNCc1c(Cl)cccc1Cl. The fraction of sp³-hybridized carbons (Fsp3) is 0.455. The van der Waals surface area contributed by atoms with Crippen LogP contribution < -0.4 is 5.32 Å². The van der Waals surface area contributed by atoms with E-state index in [2.05, 4.69) is 10.2 Å². The Labute approximate surface area is 101 Å². The Morgan fingerprint density at radius 3 is 2.33 bits per heavy atom. The van der Waals surface area contributed by atoms with Crippen LogP contribution in [0.5, 0.6) is 0 Å². The molecule has 0 aromatic heterocycles. The Kier molecular flexibility index (Phi) is 5.40. The monoisotopic (exact) mass is 246 g/mol. The molecule has 0 saturated carbocycles. The molecule has 0 aliphatic rings. The molecule has 0 radical (unpaired) electrons. The van der Waals surface area contributed by atoms with Crippen molar-refractivity contribution in [1.82, 2.24) is 10.2 Å². The molecule has 0 amide bonds. The van der Waals surface area contributed by atoms with E-state index in [0.29, 0.717) is 6.54 Å². The van der Waals surface area contributed by atoms with E-state index < -0.39 is 0 Å². The van der Waals surface area contributed by atoms with Gasteiger partial charge >= 0.3 is 0 Å². The van der Waals surface area contributed by atoms with Gasteiger partial charge in [-0.3, -0.25) is 0 Å². The molecule has 0 fully saturated rings. The fourth-order valence-corrected chi connectivity index (χ4v) is 1.75. The summed E-state index contributed by atoms with van der Waals surface area (Å²) in [7, 11) is 4.09. The first-order valence-corrected chi connectivity index (χ1v) is 5.65. The molecule has 0 saturated heterocycles. The van der Waals surface area contributed by atoms with E-state index in [-0.39, 0.29) is 0 Å². The zero-order valence-corrected chi connectivity index (χ0v) is 10.6. The number of likely N-dealkylation sites (N-methyl/N-ethyl adjacent to an activating group) is 1. The Morgan fingerprint density at radius 1 is 1.20 bits per heavy atom. The maximum Gasteiger partial charge on any atom is 0.0465 e. The molecule has 0 bridgehead atoms. The third-order valence-electron chi connectivity index (χ3n) is 2.10. The predicted molar refractivity (Wildman–Crippen MR) is 66.7 cm³/mol. The summed E-state index contributed by atoms with van der Waals surface area (Å²) in [4.78, 5) is 2.13. The lowest BCUT2D eigenvalue weighted by Gasteiger charge is -2.11. The summed E-state index contributed by atoms with van der Waals surface area (Å²) < 4.78 is 0. The number of rotatable bonds is 5. The molecule has 1 rings (SSSR count). The van der Waals surface area contributed by atoms with Crippen molar-refractivity contribution in [2.24, 2.45) is 0 Å². The topological polar surface area (TPSA) is 15.3 Å². The van der Waals surface area contributed by atoms with Gasteiger partial charge in [0.05, 0.1) is 0 Å². The molecule has 1 N–H and O–H groups in total. The first kappa shape index (κ1) is 12.8. The number of halogens is 2. The van der Waals surface area contributed by atoms with Gasteiger partial charge in [0.25, 0.3) is 0 Å². The van der Waals surface area contributed by atoms with Gasteiger partial charge < -0.3 is 10.2 Å². The summed E-state index contributed by atoms with van der Waals surface area (Å²) in [5.74, 6) is 0. The summed E-state index contributed by atoms with van der Waals surface area (Å²) in [5.41, 5.74) is 0.972. The van der Waals surface area contributed by atoms with Gasteiger partial charge in [0.2, 0.25) is 0 Å². The molecule has 0 heterocycles. The minimum Gasteiger partial charge on any atom is -0.311 e. The molecule has 15 heavy (non-hydrogen) atoms. The molecule has 1 aromatic carbocycles. The summed E-state index contributed by atoms with van der Waals surface area (Å²) in [6, 6.07) is 5.57. The van der Waals surface area contributed by atoms with Crippen LogP contribution in [0.15, 0.2) is 18.2 Å². The van der Waals surface area contributed by atoms with Crippen LogP contribution in [-0.2, 0) is 6.54 Å². The fourth-order valence-electron chi connectivity index (χ4n) is 1.22. The van der Waals surface area contributed by atoms with Gasteiger partial charge in [0.15, 0.2) is 0 Å². The van der Waals surface area contributed by atoms with E-state index in [1.807, 2.05) is 32.3 Å². The summed E-state index contributed by atoms with van der Waals surface area (Å²) in [6.45, 7) is 2.64. The maximum absolute atomic E-state index is 6.04. The summed E-state index contributed by atoms with van der Waals surface area (Å²) in [6.07, 6.45) is 0. The molecular weight excluding hydrogens is 231 g/mol. The largest absolute Gasteiger partial charge is 0.311 e. The van der Waals surface area contributed by atoms with Gasteiger partial charge in [0, 0.05) is 35.2 Å². The third kappa shape index (κ3) is 4.39. The lowest BCUT2D eigenvalue weighted by Crippen LogP contribution is -2.26. The number of hydrogen-bond donors (Lipinski definition) is 1. The average molecular weight is 247 g/mol. The highest BCUT2D eigenvalue weighted by Crippen LogP contribution is 2.23. The van der Waals surface area contributed by atoms with Crippen molar-refractivity contribution in [3.63, 3.8) is 0 Å². The van der Waals surface area contributed by atoms with Crippen LogP contribution in [0.4, 0.5) is 0 Å². The standard InChI is InChI=1S/C11H16Cl2N2/c1-15(2)7-6-14-8-9-10(12)4-3-5-11(9)13/h3-5,14H,6-8H2,1-2H3. The molecule has 0 unspecified atom stereocenters. The minimum absolute atomic E-state index is 0.715. The highest BCUT2D eigenvalue weighted by atomic mass is 35.5. The first-order valence-electron chi connectivity index (χ1n) is 4.89. The normalized spacial score (nSPS) is 11.0. The van der Waals surface area contributed by atoms with Gasteiger partial charge in [0.1, 0.15) is 0 Å². The van der Waals surface area contributed by atoms with Crippen LogP contribution in [0, 0.1) is 0 Å². The van der Waals surface area contributed by atoms with E-state index in [1.165, 1.54) is 0 Å². The number of nitrogens with zero attached hydrogens (tertiary/aromatic N) is 1. The van der Waals surface area contributed by atoms with Crippen molar-refractivity contribution in [3.05, 3.63) is 33.8 Å². The van der Waals surface area contributed by atoms with Crippen LogP contribution in [0.25, 0.3) is 0 Å². The van der Waals surface area contributed by atoms with Crippen LogP contribution in [0.2, 0.25) is 10.0 Å². The van der Waals surface area contributed by atoms with E-state index in [4.69, 9.17) is 23.2 Å². The Bertz CT molecular complexity index is 293. The van der Waals surface area contributed by atoms with Crippen molar-refractivity contribution >= 4 is 23.2 Å². The average Bonchev–Trinajstić information content (AvgIpc) is 2.15. The van der Waals surface area contributed by atoms with Gasteiger partial charge in [-0.05, 0) is 26.2 Å². The quantitative estimate of drug-likeness (QED) is 0.804. The van der Waals surface area contributed by atoms with Crippen LogP contribution in [0.1, 0.15) is 5.56 Å². The second-order valence-corrected chi connectivity index (χ2v) is 4.49. The van der Waals surface area contributed by atoms with Crippen molar-refractivity contribution < 1.29 is 0 Å². The Hall–Kier alpha value is -0.280. The summed E-state index contributed by atoms with van der Waals surface area (Å²) >= 11 is 12.1. The zero-order chi connectivity index (χ0) is 11.3. The van der Waals surface area contributed by atoms with Crippen LogP contribution in [0.3, 0.4) is 0 Å².